The van der Waals surface area contributed by atoms with Gasteiger partial charge in [0.1, 0.15) is 17.4 Å². The van der Waals surface area contributed by atoms with Gasteiger partial charge in [-0.05, 0) is 59.7 Å². The summed E-state index contributed by atoms with van der Waals surface area (Å²) in [6, 6.07) is 18.8. The van der Waals surface area contributed by atoms with Crippen molar-refractivity contribution in [3.63, 3.8) is 0 Å². The monoisotopic (exact) mass is 418 g/mol. The fourth-order valence-electron chi connectivity index (χ4n) is 3.06. The van der Waals surface area contributed by atoms with Crippen molar-refractivity contribution in [2.75, 3.05) is 11.9 Å². The number of amides is 1. The average Bonchev–Trinajstić information content (AvgIpc) is 2.72. The lowest BCUT2D eigenvalue weighted by atomic mass is 10.0. The highest BCUT2D eigenvalue weighted by atomic mass is 35.5. The molecule has 0 saturated heterocycles. The van der Waals surface area contributed by atoms with Gasteiger partial charge in [0.05, 0.1) is 6.61 Å². The summed E-state index contributed by atoms with van der Waals surface area (Å²) in [5.41, 5.74) is 2.24. The molecule has 0 aliphatic heterocycles. The SMILES string of the molecule is Cc1cc(Cl)ccc1NC(=O)/C(C#N)=C/c1ccc(OCC(C)C)c2ccccc12. The van der Waals surface area contributed by atoms with Crippen molar-refractivity contribution < 1.29 is 9.53 Å². The summed E-state index contributed by atoms with van der Waals surface area (Å²) in [7, 11) is 0. The molecule has 3 aromatic carbocycles. The zero-order valence-electron chi connectivity index (χ0n) is 17.2. The highest BCUT2D eigenvalue weighted by molar-refractivity contribution is 6.30. The van der Waals surface area contributed by atoms with Crippen molar-refractivity contribution in [2.24, 2.45) is 5.92 Å². The summed E-state index contributed by atoms with van der Waals surface area (Å²) < 4.78 is 5.94. The number of benzene rings is 3. The van der Waals surface area contributed by atoms with Crippen LogP contribution < -0.4 is 10.1 Å². The Morgan fingerprint density at radius 1 is 1.17 bits per heavy atom. The molecule has 5 heteroatoms. The van der Waals surface area contributed by atoms with Gasteiger partial charge in [0.15, 0.2) is 0 Å². The maximum atomic E-state index is 12.7. The number of nitrogens with one attached hydrogen (secondary N) is 1. The number of carbonyl (C=O) groups excluding carboxylic acids is 1. The van der Waals surface area contributed by atoms with Gasteiger partial charge in [0.25, 0.3) is 5.91 Å². The second-order valence-electron chi connectivity index (χ2n) is 7.49. The van der Waals surface area contributed by atoms with Crippen molar-refractivity contribution in [1.29, 1.82) is 5.26 Å². The Labute approximate surface area is 181 Å². The van der Waals surface area contributed by atoms with Crippen molar-refractivity contribution in [2.45, 2.75) is 20.8 Å². The van der Waals surface area contributed by atoms with E-state index in [-0.39, 0.29) is 5.57 Å². The summed E-state index contributed by atoms with van der Waals surface area (Å²) in [5, 5.41) is 14.8. The van der Waals surface area contributed by atoms with Crippen LogP contribution in [0.25, 0.3) is 16.8 Å². The minimum atomic E-state index is -0.466. The molecule has 30 heavy (non-hydrogen) atoms. The van der Waals surface area contributed by atoms with Crippen molar-refractivity contribution in [1.82, 2.24) is 0 Å². The number of nitrogens with zero attached hydrogens (tertiary/aromatic N) is 1. The van der Waals surface area contributed by atoms with Crippen LogP contribution >= 0.6 is 11.6 Å². The Morgan fingerprint density at radius 3 is 2.57 bits per heavy atom. The first-order valence-electron chi connectivity index (χ1n) is 9.73. The van der Waals surface area contributed by atoms with Crippen LogP contribution in [-0.4, -0.2) is 12.5 Å². The Kier molecular flexibility index (Phi) is 6.76. The lowest BCUT2D eigenvalue weighted by Crippen LogP contribution is -2.14. The van der Waals surface area contributed by atoms with E-state index in [1.807, 2.05) is 49.4 Å². The topological polar surface area (TPSA) is 62.1 Å². The molecule has 3 aromatic rings. The first kappa shape index (κ1) is 21.4. The lowest BCUT2D eigenvalue weighted by Gasteiger charge is -2.13. The molecule has 152 valence electrons. The highest BCUT2D eigenvalue weighted by Gasteiger charge is 2.13. The fraction of sp³-hybridized carbons (Fsp3) is 0.200. The molecule has 1 amide bonds. The summed E-state index contributed by atoms with van der Waals surface area (Å²) in [6.45, 7) is 6.66. The number of aryl methyl sites for hydroxylation is 1. The van der Waals surface area contributed by atoms with E-state index in [0.717, 1.165) is 27.6 Å². The van der Waals surface area contributed by atoms with E-state index in [4.69, 9.17) is 16.3 Å². The number of nitriles is 1. The molecule has 0 spiro atoms. The van der Waals surface area contributed by atoms with Gasteiger partial charge in [0.2, 0.25) is 0 Å². The molecule has 3 rings (SSSR count). The number of hydrogen-bond acceptors (Lipinski definition) is 3. The molecule has 0 saturated carbocycles. The fourth-order valence-corrected chi connectivity index (χ4v) is 3.29. The Balaban J connectivity index is 1.94. The Morgan fingerprint density at radius 2 is 1.90 bits per heavy atom. The van der Waals surface area contributed by atoms with Crippen molar-refractivity contribution >= 4 is 40.0 Å². The second-order valence-corrected chi connectivity index (χ2v) is 7.92. The molecule has 0 fully saturated rings. The van der Waals surface area contributed by atoms with Crippen molar-refractivity contribution in [3.05, 3.63) is 76.3 Å². The Bertz CT molecular complexity index is 1160. The molecular formula is C25H23ClN2O2. The number of halogens is 1. The molecular weight excluding hydrogens is 396 g/mol. The van der Waals surface area contributed by atoms with Crippen LogP contribution in [-0.2, 0) is 4.79 Å². The van der Waals surface area contributed by atoms with Crippen molar-refractivity contribution in [3.8, 4) is 11.8 Å². The van der Waals surface area contributed by atoms with E-state index in [1.54, 1.807) is 24.3 Å². The van der Waals surface area contributed by atoms with E-state index >= 15 is 0 Å². The normalized spacial score (nSPS) is 11.4. The Hall–Kier alpha value is -3.29. The van der Waals surface area contributed by atoms with Gasteiger partial charge in [-0.25, -0.2) is 0 Å². The quantitative estimate of drug-likeness (QED) is 0.373. The molecule has 4 nitrogen and oxygen atoms in total. The van der Waals surface area contributed by atoms with E-state index in [2.05, 4.69) is 19.2 Å². The molecule has 0 aliphatic rings. The summed E-state index contributed by atoms with van der Waals surface area (Å²) >= 11 is 5.97. The van der Waals surface area contributed by atoms with Gasteiger partial charge in [-0.3, -0.25) is 4.79 Å². The number of hydrogen-bond donors (Lipinski definition) is 1. The standard InChI is InChI=1S/C25H23ClN2O2/c1-16(2)15-30-24-11-8-18(21-6-4-5-7-22(21)24)13-19(14-27)25(29)28-23-10-9-20(26)12-17(23)3/h4-13,16H,15H2,1-3H3,(H,28,29)/b19-13+. The van der Waals surface area contributed by atoms with Crippen LogP contribution in [0.2, 0.25) is 5.02 Å². The van der Waals surface area contributed by atoms with E-state index < -0.39 is 5.91 Å². The predicted octanol–water partition coefficient (Wildman–Crippen LogP) is 6.38. The van der Waals surface area contributed by atoms with Crippen LogP contribution in [0.4, 0.5) is 5.69 Å². The third-order valence-corrected chi connectivity index (χ3v) is 4.83. The number of rotatable bonds is 6. The maximum absolute atomic E-state index is 12.7. The number of anilines is 1. The van der Waals surface area contributed by atoms with Gasteiger partial charge in [-0.2, -0.15) is 5.26 Å². The molecule has 0 atom stereocenters. The molecule has 0 radical (unpaired) electrons. The maximum Gasteiger partial charge on any atom is 0.266 e. The minimum absolute atomic E-state index is 0.0188. The van der Waals surface area contributed by atoms with Gasteiger partial charge in [0, 0.05) is 16.1 Å². The third-order valence-electron chi connectivity index (χ3n) is 4.59. The third kappa shape index (κ3) is 5.00. The molecule has 0 bridgehead atoms. The van der Waals surface area contributed by atoms with E-state index in [1.165, 1.54) is 0 Å². The van der Waals surface area contributed by atoms with Gasteiger partial charge < -0.3 is 10.1 Å². The number of fused-ring (bicyclic) bond motifs is 1. The highest BCUT2D eigenvalue weighted by Crippen LogP contribution is 2.30. The van der Waals surface area contributed by atoms with E-state index in [0.29, 0.717) is 23.2 Å². The van der Waals surface area contributed by atoms with Gasteiger partial charge in [-0.15, -0.1) is 0 Å². The van der Waals surface area contributed by atoms with Crippen LogP contribution in [0.3, 0.4) is 0 Å². The lowest BCUT2D eigenvalue weighted by molar-refractivity contribution is -0.112. The smallest absolute Gasteiger partial charge is 0.266 e. The predicted molar refractivity (Wildman–Crippen MR) is 123 cm³/mol. The summed E-state index contributed by atoms with van der Waals surface area (Å²) in [6.07, 6.45) is 1.61. The first-order chi connectivity index (χ1) is 14.4. The van der Waals surface area contributed by atoms with Crippen LogP contribution in [0.5, 0.6) is 5.75 Å². The second kappa shape index (κ2) is 9.47. The minimum Gasteiger partial charge on any atom is -0.493 e. The largest absolute Gasteiger partial charge is 0.493 e. The molecule has 0 unspecified atom stereocenters. The molecule has 0 heterocycles. The molecule has 1 N–H and O–H groups in total. The van der Waals surface area contributed by atoms with E-state index in [9.17, 15) is 10.1 Å². The van der Waals surface area contributed by atoms with Crippen LogP contribution in [0.1, 0.15) is 25.0 Å². The zero-order chi connectivity index (χ0) is 21.7. The average molecular weight is 419 g/mol. The number of carbonyl (C=O) groups is 1. The number of ether oxygens (including phenoxy) is 1. The summed E-state index contributed by atoms with van der Waals surface area (Å²) in [4.78, 5) is 12.7. The van der Waals surface area contributed by atoms with Gasteiger partial charge in [-0.1, -0.05) is 55.8 Å². The molecule has 0 aliphatic carbocycles. The van der Waals surface area contributed by atoms with Crippen LogP contribution in [0, 0.1) is 24.2 Å². The first-order valence-corrected chi connectivity index (χ1v) is 10.1. The zero-order valence-corrected chi connectivity index (χ0v) is 18.0. The summed E-state index contributed by atoms with van der Waals surface area (Å²) in [5.74, 6) is 0.733. The van der Waals surface area contributed by atoms with Gasteiger partial charge >= 0.3 is 0 Å². The molecule has 0 aromatic heterocycles. The van der Waals surface area contributed by atoms with Crippen LogP contribution in [0.15, 0.2) is 60.2 Å².